The molecule has 1 aromatic carbocycles. The van der Waals surface area contributed by atoms with Crippen molar-refractivity contribution in [3.05, 3.63) is 60.2 Å². The van der Waals surface area contributed by atoms with Crippen molar-refractivity contribution >= 4 is 5.91 Å². The molecule has 1 aliphatic rings. The van der Waals surface area contributed by atoms with E-state index in [4.69, 9.17) is 4.74 Å². The Morgan fingerprint density at radius 3 is 3.00 bits per heavy atom. The van der Waals surface area contributed by atoms with Crippen molar-refractivity contribution in [2.45, 2.75) is 12.5 Å². The fourth-order valence-corrected chi connectivity index (χ4v) is 2.41. The summed E-state index contributed by atoms with van der Waals surface area (Å²) in [5.74, 6) is 0.123. The lowest BCUT2D eigenvalue weighted by molar-refractivity contribution is 0.0772. The highest BCUT2D eigenvalue weighted by atomic mass is 19.1. The zero-order valence-corrected chi connectivity index (χ0v) is 11.4. The van der Waals surface area contributed by atoms with E-state index in [0.717, 1.165) is 6.42 Å². The van der Waals surface area contributed by atoms with Crippen LogP contribution in [0.3, 0.4) is 0 Å². The normalized spacial score (nSPS) is 17.8. The smallest absolute Gasteiger partial charge is 0.255 e. The summed E-state index contributed by atoms with van der Waals surface area (Å²) in [6, 6.07) is 9.54. The van der Waals surface area contributed by atoms with Crippen LogP contribution in [-0.4, -0.2) is 35.0 Å². The van der Waals surface area contributed by atoms with Crippen molar-refractivity contribution in [3.8, 4) is 5.75 Å². The number of benzene rings is 1. The van der Waals surface area contributed by atoms with Gasteiger partial charge in [-0.2, -0.15) is 0 Å². The molecule has 5 heteroatoms. The van der Waals surface area contributed by atoms with Gasteiger partial charge in [0, 0.05) is 31.4 Å². The largest absolute Gasteiger partial charge is 0.488 e. The van der Waals surface area contributed by atoms with Gasteiger partial charge in [0.05, 0.1) is 12.1 Å². The number of nitrogens with zero attached hydrogens (tertiary/aromatic N) is 2. The van der Waals surface area contributed by atoms with Gasteiger partial charge in [0.1, 0.15) is 17.7 Å². The standard InChI is InChI=1S/C16H15FN2O2/c17-13-4-1-5-14(9-13)21-15-6-8-19(11-15)16(20)12-3-2-7-18-10-12/h1-5,7,9-10,15H,6,8,11H2. The van der Waals surface area contributed by atoms with E-state index in [2.05, 4.69) is 4.98 Å². The molecule has 1 unspecified atom stereocenters. The van der Waals surface area contributed by atoms with Gasteiger partial charge in [-0.05, 0) is 24.3 Å². The summed E-state index contributed by atoms with van der Waals surface area (Å²) in [7, 11) is 0. The second-order valence-corrected chi connectivity index (χ2v) is 4.98. The molecule has 1 atom stereocenters. The van der Waals surface area contributed by atoms with Gasteiger partial charge in [-0.1, -0.05) is 6.07 Å². The first kappa shape index (κ1) is 13.5. The number of likely N-dealkylation sites (tertiary alicyclic amines) is 1. The third-order valence-electron chi connectivity index (χ3n) is 3.44. The Balaban J connectivity index is 1.62. The SMILES string of the molecule is O=C(c1cccnc1)N1CCC(Oc2cccc(F)c2)C1. The lowest BCUT2D eigenvalue weighted by atomic mass is 10.2. The maximum Gasteiger partial charge on any atom is 0.255 e. The van der Waals surface area contributed by atoms with Crippen molar-refractivity contribution < 1.29 is 13.9 Å². The topological polar surface area (TPSA) is 42.4 Å². The van der Waals surface area contributed by atoms with Crippen LogP contribution in [0.1, 0.15) is 16.8 Å². The van der Waals surface area contributed by atoms with E-state index in [-0.39, 0.29) is 17.8 Å². The molecule has 0 aliphatic carbocycles. The highest BCUT2D eigenvalue weighted by Crippen LogP contribution is 2.20. The quantitative estimate of drug-likeness (QED) is 0.870. The highest BCUT2D eigenvalue weighted by Gasteiger charge is 2.28. The monoisotopic (exact) mass is 286 g/mol. The van der Waals surface area contributed by atoms with Gasteiger partial charge in [-0.25, -0.2) is 4.39 Å². The molecule has 0 N–H and O–H groups in total. The van der Waals surface area contributed by atoms with Crippen LogP contribution in [0.2, 0.25) is 0 Å². The second-order valence-electron chi connectivity index (χ2n) is 4.98. The minimum Gasteiger partial charge on any atom is -0.488 e. The summed E-state index contributed by atoms with van der Waals surface area (Å²) >= 11 is 0. The van der Waals surface area contributed by atoms with Crippen molar-refractivity contribution in [3.63, 3.8) is 0 Å². The Morgan fingerprint density at radius 2 is 2.24 bits per heavy atom. The van der Waals surface area contributed by atoms with Gasteiger partial charge in [0.25, 0.3) is 5.91 Å². The molecule has 2 heterocycles. The number of halogens is 1. The van der Waals surface area contributed by atoms with E-state index in [0.29, 0.717) is 24.4 Å². The Hall–Kier alpha value is -2.43. The Morgan fingerprint density at radius 1 is 1.33 bits per heavy atom. The minimum absolute atomic E-state index is 0.0477. The van der Waals surface area contributed by atoms with Gasteiger partial charge < -0.3 is 9.64 Å². The molecule has 3 rings (SSSR count). The summed E-state index contributed by atoms with van der Waals surface area (Å²) in [6.45, 7) is 1.14. The predicted molar refractivity (Wildman–Crippen MR) is 75.6 cm³/mol. The third-order valence-corrected chi connectivity index (χ3v) is 3.44. The summed E-state index contributed by atoms with van der Waals surface area (Å²) in [4.78, 5) is 18.0. The van der Waals surface area contributed by atoms with Crippen LogP contribution in [0, 0.1) is 5.82 Å². The van der Waals surface area contributed by atoms with Gasteiger partial charge in [0.15, 0.2) is 0 Å². The van der Waals surface area contributed by atoms with E-state index >= 15 is 0 Å². The number of rotatable bonds is 3. The average Bonchev–Trinajstić information content (AvgIpc) is 2.96. The number of carbonyl (C=O) groups is 1. The molecule has 1 aliphatic heterocycles. The van der Waals surface area contributed by atoms with Crippen LogP contribution in [0.25, 0.3) is 0 Å². The van der Waals surface area contributed by atoms with E-state index in [1.807, 2.05) is 0 Å². The van der Waals surface area contributed by atoms with Crippen molar-refractivity contribution in [1.82, 2.24) is 9.88 Å². The van der Waals surface area contributed by atoms with Crippen molar-refractivity contribution in [1.29, 1.82) is 0 Å². The molecule has 4 nitrogen and oxygen atoms in total. The molecule has 1 fully saturated rings. The van der Waals surface area contributed by atoms with Crippen LogP contribution in [0.15, 0.2) is 48.8 Å². The summed E-state index contributed by atoms with van der Waals surface area (Å²) in [5, 5.41) is 0. The van der Waals surface area contributed by atoms with Gasteiger partial charge in [-0.3, -0.25) is 9.78 Å². The van der Waals surface area contributed by atoms with Crippen LogP contribution >= 0.6 is 0 Å². The van der Waals surface area contributed by atoms with Crippen LogP contribution in [0.5, 0.6) is 5.75 Å². The maximum absolute atomic E-state index is 13.1. The van der Waals surface area contributed by atoms with E-state index in [1.165, 1.54) is 12.1 Å². The lowest BCUT2D eigenvalue weighted by Gasteiger charge is -2.17. The van der Waals surface area contributed by atoms with Crippen LogP contribution < -0.4 is 4.74 Å². The second kappa shape index (κ2) is 5.91. The minimum atomic E-state index is -0.325. The molecule has 0 spiro atoms. The Labute approximate surface area is 122 Å². The average molecular weight is 286 g/mol. The maximum atomic E-state index is 13.1. The highest BCUT2D eigenvalue weighted by molar-refractivity contribution is 5.94. The third kappa shape index (κ3) is 3.18. The fourth-order valence-electron chi connectivity index (χ4n) is 2.41. The number of carbonyl (C=O) groups excluding carboxylic acids is 1. The molecule has 108 valence electrons. The first-order valence-electron chi connectivity index (χ1n) is 6.84. The van der Waals surface area contributed by atoms with Gasteiger partial charge >= 0.3 is 0 Å². The molecule has 0 saturated carbocycles. The number of hydrogen-bond acceptors (Lipinski definition) is 3. The van der Waals surface area contributed by atoms with E-state index in [1.54, 1.807) is 41.6 Å². The number of hydrogen-bond donors (Lipinski definition) is 0. The molecule has 0 bridgehead atoms. The zero-order chi connectivity index (χ0) is 14.7. The Bertz CT molecular complexity index is 633. The molecular formula is C16H15FN2O2. The van der Waals surface area contributed by atoms with Crippen LogP contribution in [0.4, 0.5) is 4.39 Å². The number of pyridine rings is 1. The van der Waals surface area contributed by atoms with Crippen LogP contribution in [-0.2, 0) is 0 Å². The van der Waals surface area contributed by atoms with Gasteiger partial charge in [0.2, 0.25) is 0 Å². The summed E-state index contributed by atoms with van der Waals surface area (Å²) in [5.41, 5.74) is 0.573. The summed E-state index contributed by atoms with van der Waals surface area (Å²) in [6.07, 6.45) is 3.83. The van der Waals surface area contributed by atoms with Gasteiger partial charge in [-0.15, -0.1) is 0 Å². The molecular weight excluding hydrogens is 271 g/mol. The van der Waals surface area contributed by atoms with E-state index < -0.39 is 0 Å². The lowest BCUT2D eigenvalue weighted by Crippen LogP contribution is -2.31. The summed E-state index contributed by atoms with van der Waals surface area (Å²) < 4.78 is 18.8. The Kier molecular flexibility index (Phi) is 3.81. The first-order valence-corrected chi connectivity index (χ1v) is 6.84. The fraction of sp³-hybridized carbons (Fsp3) is 0.250. The molecule has 1 aromatic heterocycles. The number of amides is 1. The first-order chi connectivity index (χ1) is 10.2. The number of aromatic nitrogens is 1. The van der Waals surface area contributed by atoms with Crippen molar-refractivity contribution in [2.75, 3.05) is 13.1 Å². The van der Waals surface area contributed by atoms with E-state index in [9.17, 15) is 9.18 Å². The van der Waals surface area contributed by atoms with Crippen molar-refractivity contribution in [2.24, 2.45) is 0 Å². The molecule has 0 radical (unpaired) electrons. The molecule has 2 aromatic rings. The molecule has 1 amide bonds. The molecule has 1 saturated heterocycles. The zero-order valence-electron chi connectivity index (χ0n) is 11.4. The molecule has 21 heavy (non-hydrogen) atoms. The number of ether oxygens (including phenoxy) is 1. The predicted octanol–water partition coefficient (Wildman–Crippen LogP) is 2.51.